The van der Waals surface area contributed by atoms with Crippen molar-refractivity contribution in [1.82, 2.24) is 9.97 Å². The predicted molar refractivity (Wildman–Crippen MR) is 194 cm³/mol. The Kier molecular flexibility index (Phi) is 6.09. The molecule has 3 nitrogen and oxygen atoms in total. The molecule has 0 saturated carbocycles. The van der Waals surface area contributed by atoms with Crippen molar-refractivity contribution in [3.8, 4) is 11.1 Å². The van der Waals surface area contributed by atoms with Crippen molar-refractivity contribution in [1.29, 1.82) is 0 Å². The molecule has 0 bridgehead atoms. The van der Waals surface area contributed by atoms with Crippen LogP contribution in [0.3, 0.4) is 0 Å². The lowest BCUT2D eigenvalue weighted by molar-refractivity contribution is 0.592. The second-order valence-electron chi connectivity index (χ2n) is 11.7. The third kappa shape index (κ3) is 4.10. The molecule has 2 heterocycles. The summed E-state index contributed by atoms with van der Waals surface area (Å²) in [6.07, 6.45) is 1.89. The highest BCUT2D eigenvalue weighted by Crippen LogP contribution is 2.44. The minimum absolute atomic E-state index is 0.566. The van der Waals surface area contributed by atoms with Crippen molar-refractivity contribution in [3.05, 3.63) is 164 Å². The Bertz CT molecular complexity index is 2570. The molecule has 0 aliphatic carbocycles. The quantitative estimate of drug-likeness (QED) is 0.114. The van der Waals surface area contributed by atoms with Crippen LogP contribution in [-0.4, -0.2) is 9.97 Å². The highest BCUT2D eigenvalue weighted by molar-refractivity contribution is 7.85. The van der Waals surface area contributed by atoms with Crippen molar-refractivity contribution >= 4 is 77.3 Å². The van der Waals surface area contributed by atoms with E-state index in [0.29, 0.717) is 5.44 Å². The molecule has 9 rings (SSSR count). The van der Waals surface area contributed by atoms with Gasteiger partial charge in [0.15, 0.2) is 7.14 Å². The minimum Gasteiger partial charge on any atom is -0.307 e. The van der Waals surface area contributed by atoms with Crippen molar-refractivity contribution in [2.75, 3.05) is 0 Å². The molecule has 9 aromatic rings. The standard InChI is InChI=1S/C42H27N2OP/c45-46(33-14-2-1-3-15-33,34-22-18-28-10-4-5-13-31(28)26-34)39-25-21-32(27-43-39)40-37-23-19-29-11-6-8-16-35(29)41(37)44-42-36-17-9-7-12-30(36)20-24-38(40)42/h1-27H. The molecule has 0 fully saturated rings. The molecule has 2 aromatic heterocycles. The Morgan fingerprint density at radius 2 is 1.00 bits per heavy atom. The van der Waals surface area contributed by atoms with Crippen LogP contribution >= 0.6 is 7.14 Å². The fourth-order valence-corrected chi connectivity index (χ4v) is 9.40. The molecule has 1 unspecified atom stereocenters. The number of aromatic nitrogens is 2. The van der Waals surface area contributed by atoms with E-state index in [0.717, 1.165) is 75.9 Å². The average Bonchev–Trinajstić information content (AvgIpc) is 3.13. The normalized spacial score (nSPS) is 13.0. The van der Waals surface area contributed by atoms with Crippen LogP contribution in [0, 0.1) is 0 Å². The maximum absolute atomic E-state index is 15.4. The van der Waals surface area contributed by atoms with Gasteiger partial charge < -0.3 is 4.57 Å². The molecule has 7 aromatic carbocycles. The minimum atomic E-state index is -3.28. The SMILES string of the molecule is O=P(c1ccccc1)(c1ccc2ccccc2c1)c1ccc(-c2c3ccc4ccccc4c3nc3c2ccc2ccccc23)cn1. The van der Waals surface area contributed by atoms with Crippen molar-refractivity contribution in [2.45, 2.75) is 0 Å². The second-order valence-corrected chi connectivity index (χ2v) is 14.4. The monoisotopic (exact) mass is 606 g/mol. The molecular formula is C42H27N2OP. The Balaban J connectivity index is 1.30. The van der Waals surface area contributed by atoms with Gasteiger partial charge in [-0.2, -0.15) is 0 Å². The zero-order chi connectivity index (χ0) is 30.7. The first kappa shape index (κ1) is 26.7. The van der Waals surface area contributed by atoms with E-state index < -0.39 is 7.14 Å². The summed E-state index contributed by atoms with van der Waals surface area (Å²) in [4.78, 5) is 10.3. The van der Waals surface area contributed by atoms with Gasteiger partial charge in [-0.15, -0.1) is 0 Å². The van der Waals surface area contributed by atoms with Gasteiger partial charge in [0, 0.05) is 49.5 Å². The molecule has 0 N–H and O–H groups in total. The summed E-state index contributed by atoms with van der Waals surface area (Å²) in [5, 5.41) is 10.4. The van der Waals surface area contributed by atoms with E-state index in [-0.39, 0.29) is 0 Å². The van der Waals surface area contributed by atoms with Gasteiger partial charge in [-0.05, 0) is 33.7 Å². The molecule has 46 heavy (non-hydrogen) atoms. The van der Waals surface area contributed by atoms with Crippen LogP contribution in [0.4, 0.5) is 0 Å². The number of rotatable bonds is 4. The molecule has 0 saturated heterocycles. The van der Waals surface area contributed by atoms with Crippen molar-refractivity contribution < 1.29 is 4.57 Å². The molecule has 0 spiro atoms. The van der Waals surface area contributed by atoms with Gasteiger partial charge in [-0.3, -0.25) is 4.98 Å². The number of pyridine rings is 2. The molecular weight excluding hydrogens is 579 g/mol. The van der Waals surface area contributed by atoms with Crippen LogP contribution < -0.4 is 16.0 Å². The number of nitrogens with zero attached hydrogens (tertiary/aromatic N) is 2. The number of fused-ring (bicyclic) bond motifs is 7. The zero-order valence-corrected chi connectivity index (χ0v) is 25.7. The Hall–Kier alpha value is -5.63. The third-order valence-electron chi connectivity index (χ3n) is 9.14. The van der Waals surface area contributed by atoms with E-state index in [1.165, 1.54) is 0 Å². The molecule has 1 atom stereocenters. The summed E-state index contributed by atoms with van der Waals surface area (Å²) < 4.78 is 15.4. The number of benzene rings is 7. The molecule has 0 amide bonds. The number of hydrogen-bond donors (Lipinski definition) is 0. The summed E-state index contributed by atoms with van der Waals surface area (Å²) in [5.41, 5.74) is 4.54. The second kappa shape index (κ2) is 10.5. The van der Waals surface area contributed by atoms with Crippen LogP contribution in [-0.2, 0) is 4.57 Å². The predicted octanol–water partition coefficient (Wildman–Crippen LogP) is 9.55. The Morgan fingerprint density at radius 1 is 0.435 bits per heavy atom. The lowest BCUT2D eigenvalue weighted by atomic mass is 9.93. The smallest absolute Gasteiger partial charge is 0.188 e. The van der Waals surface area contributed by atoms with E-state index in [4.69, 9.17) is 9.97 Å². The first-order valence-electron chi connectivity index (χ1n) is 15.4. The molecule has 0 aliphatic heterocycles. The van der Waals surface area contributed by atoms with Crippen LogP contribution in [0.1, 0.15) is 0 Å². The number of hydrogen-bond acceptors (Lipinski definition) is 3. The first-order chi connectivity index (χ1) is 22.7. The van der Waals surface area contributed by atoms with Gasteiger partial charge in [0.05, 0.1) is 11.0 Å². The fraction of sp³-hybridized carbons (Fsp3) is 0. The summed E-state index contributed by atoms with van der Waals surface area (Å²) >= 11 is 0. The maximum Gasteiger partial charge on any atom is 0.188 e. The summed E-state index contributed by atoms with van der Waals surface area (Å²) in [6, 6.07) is 53.6. The van der Waals surface area contributed by atoms with Crippen molar-refractivity contribution in [3.63, 3.8) is 0 Å². The van der Waals surface area contributed by atoms with E-state index in [1.807, 2.05) is 60.8 Å². The Labute approximate surface area is 266 Å². The van der Waals surface area contributed by atoms with E-state index in [9.17, 15) is 0 Å². The third-order valence-corrected chi connectivity index (χ3v) is 12.1. The van der Waals surface area contributed by atoms with Crippen LogP contribution in [0.25, 0.3) is 65.3 Å². The van der Waals surface area contributed by atoms with Gasteiger partial charge in [-0.1, -0.05) is 146 Å². The first-order valence-corrected chi connectivity index (χ1v) is 17.1. The average molecular weight is 607 g/mol. The molecule has 216 valence electrons. The van der Waals surface area contributed by atoms with Gasteiger partial charge in [-0.25, -0.2) is 4.98 Å². The highest BCUT2D eigenvalue weighted by Gasteiger charge is 2.31. The molecule has 4 heteroatoms. The Morgan fingerprint density at radius 3 is 1.63 bits per heavy atom. The largest absolute Gasteiger partial charge is 0.307 e. The maximum atomic E-state index is 15.4. The topological polar surface area (TPSA) is 42.9 Å². The summed E-state index contributed by atoms with van der Waals surface area (Å²) in [5.74, 6) is 0. The van der Waals surface area contributed by atoms with Gasteiger partial charge in [0.2, 0.25) is 0 Å². The van der Waals surface area contributed by atoms with Crippen LogP contribution in [0.15, 0.2) is 164 Å². The summed E-state index contributed by atoms with van der Waals surface area (Å²) in [7, 11) is -3.28. The molecule has 0 aliphatic rings. The van der Waals surface area contributed by atoms with Gasteiger partial charge >= 0.3 is 0 Å². The summed E-state index contributed by atoms with van der Waals surface area (Å²) in [6.45, 7) is 0. The van der Waals surface area contributed by atoms with Crippen LogP contribution in [0.5, 0.6) is 0 Å². The van der Waals surface area contributed by atoms with E-state index in [1.54, 1.807) is 0 Å². The van der Waals surface area contributed by atoms with E-state index in [2.05, 4.69) is 103 Å². The van der Waals surface area contributed by atoms with Crippen LogP contribution in [0.2, 0.25) is 0 Å². The van der Waals surface area contributed by atoms with E-state index >= 15 is 4.57 Å². The lowest BCUT2D eigenvalue weighted by Crippen LogP contribution is -2.27. The fourth-order valence-electron chi connectivity index (χ4n) is 6.87. The zero-order valence-electron chi connectivity index (χ0n) is 24.8. The van der Waals surface area contributed by atoms with Gasteiger partial charge in [0.1, 0.15) is 5.44 Å². The van der Waals surface area contributed by atoms with Gasteiger partial charge in [0.25, 0.3) is 0 Å². The lowest BCUT2D eigenvalue weighted by Gasteiger charge is -2.20. The molecule has 0 radical (unpaired) electrons. The van der Waals surface area contributed by atoms with Crippen molar-refractivity contribution in [2.24, 2.45) is 0 Å². The highest BCUT2D eigenvalue weighted by atomic mass is 31.2.